The van der Waals surface area contributed by atoms with Gasteiger partial charge in [-0.2, -0.15) is 0 Å². The fourth-order valence-electron chi connectivity index (χ4n) is 3.90. The minimum Gasteiger partial charge on any atom is -0.354 e. The smallest absolute Gasteiger partial charge is 0.264 e. The van der Waals surface area contributed by atoms with Crippen molar-refractivity contribution >= 4 is 50.7 Å². The third-order valence-corrected chi connectivity index (χ3v) is 8.58. The molecule has 7 nitrogen and oxygen atoms in total. The van der Waals surface area contributed by atoms with Gasteiger partial charge in [-0.3, -0.25) is 13.9 Å². The lowest BCUT2D eigenvalue weighted by molar-refractivity contribution is -0.139. The minimum absolute atomic E-state index is 0.00392. The van der Waals surface area contributed by atoms with E-state index in [-0.39, 0.29) is 33.1 Å². The molecule has 3 aromatic rings. The van der Waals surface area contributed by atoms with Gasteiger partial charge in [0.2, 0.25) is 11.8 Å². The summed E-state index contributed by atoms with van der Waals surface area (Å²) in [5, 5.41) is 3.19. The number of hydrogen-bond donors (Lipinski definition) is 1. The molecule has 0 heterocycles. The molecular weight excluding hydrogens is 557 g/mol. The average Bonchev–Trinajstić information content (AvgIpc) is 2.91. The summed E-state index contributed by atoms with van der Waals surface area (Å²) in [5.41, 5.74) is 2.80. The van der Waals surface area contributed by atoms with Crippen LogP contribution in [0.3, 0.4) is 0 Å². The third kappa shape index (κ3) is 7.75. The second-order valence-electron chi connectivity index (χ2n) is 9.39. The molecule has 0 unspecified atom stereocenters. The SMILES string of the molecule is CCCNC(=O)[C@@H](C)N(Cc1ccc(C)cc1)C(=O)CN(c1cc(Cl)ccc1Cl)S(=O)(=O)c1ccc(C)cc1. The van der Waals surface area contributed by atoms with Crippen molar-refractivity contribution in [3.05, 3.63) is 93.5 Å². The number of aryl methyl sites for hydroxylation is 2. The number of sulfonamides is 1. The first-order chi connectivity index (χ1) is 18.4. The van der Waals surface area contributed by atoms with Crippen LogP contribution in [0.4, 0.5) is 5.69 Å². The number of hydrogen-bond acceptors (Lipinski definition) is 4. The summed E-state index contributed by atoms with van der Waals surface area (Å²) in [6.45, 7) is 7.34. The van der Waals surface area contributed by atoms with Crippen LogP contribution in [0.2, 0.25) is 10.0 Å². The molecule has 0 radical (unpaired) electrons. The van der Waals surface area contributed by atoms with Crippen LogP contribution in [0.15, 0.2) is 71.6 Å². The Hall–Kier alpha value is -3.07. The number of amides is 2. The summed E-state index contributed by atoms with van der Waals surface area (Å²) < 4.78 is 28.7. The zero-order chi connectivity index (χ0) is 28.7. The minimum atomic E-state index is -4.24. The van der Waals surface area contributed by atoms with Gasteiger partial charge in [-0.15, -0.1) is 0 Å². The molecule has 0 bridgehead atoms. The maximum Gasteiger partial charge on any atom is 0.264 e. The fraction of sp³-hybridized carbons (Fsp3) is 0.310. The van der Waals surface area contributed by atoms with Crippen molar-refractivity contribution in [2.75, 3.05) is 17.4 Å². The van der Waals surface area contributed by atoms with E-state index in [0.29, 0.717) is 6.54 Å². The highest BCUT2D eigenvalue weighted by Gasteiger charge is 2.33. The maximum absolute atomic E-state index is 13.9. The molecule has 0 saturated carbocycles. The number of nitrogens with zero attached hydrogens (tertiary/aromatic N) is 2. The van der Waals surface area contributed by atoms with E-state index in [1.807, 2.05) is 45.0 Å². The van der Waals surface area contributed by atoms with Gasteiger partial charge in [0.05, 0.1) is 15.6 Å². The Kier molecular flexibility index (Phi) is 10.4. The highest BCUT2D eigenvalue weighted by atomic mass is 35.5. The summed E-state index contributed by atoms with van der Waals surface area (Å²) in [5.74, 6) is -0.896. The molecule has 2 amide bonds. The third-order valence-electron chi connectivity index (χ3n) is 6.25. The van der Waals surface area contributed by atoms with Crippen molar-refractivity contribution in [1.82, 2.24) is 10.2 Å². The molecule has 3 aromatic carbocycles. The number of benzene rings is 3. The quantitative estimate of drug-likeness (QED) is 0.308. The van der Waals surface area contributed by atoms with Crippen molar-refractivity contribution in [1.29, 1.82) is 0 Å². The summed E-state index contributed by atoms with van der Waals surface area (Å²) in [6.07, 6.45) is 0.736. The van der Waals surface area contributed by atoms with E-state index in [2.05, 4.69) is 5.32 Å². The Balaban J connectivity index is 2.05. The van der Waals surface area contributed by atoms with E-state index in [1.54, 1.807) is 19.1 Å². The normalized spacial score (nSPS) is 12.1. The first-order valence-corrected chi connectivity index (χ1v) is 14.8. The van der Waals surface area contributed by atoms with Crippen LogP contribution in [-0.4, -0.2) is 44.3 Å². The zero-order valence-electron chi connectivity index (χ0n) is 22.4. The first-order valence-electron chi connectivity index (χ1n) is 12.6. The van der Waals surface area contributed by atoms with Crippen molar-refractivity contribution in [3.8, 4) is 0 Å². The zero-order valence-corrected chi connectivity index (χ0v) is 24.8. The van der Waals surface area contributed by atoms with Crippen LogP contribution in [0.5, 0.6) is 0 Å². The van der Waals surface area contributed by atoms with E-state index in [1.165, 1.54) is 35.2 Å². The lowest BCUT2D eigenvalue weighted by atomic mass is 10.1. The highest BCUT2D eigenvalue weighted by Crippen LogP contribution is 2.33. The second-order valence-corrected chi connectivity index (χ2v) is 12.1. The van der Waals surface area contributed by atoms with Gasteiger partial charge in [0.15, 0.2) is 0 Å². The molecular formula is C29H33Cl2N3O4S. The molecule has 3 rings (SSSR count). The second kappa shape index (κ2) is 13.3. The van der Waals surface area contributed by atoms with Gasteiger partial charge < -0.3 is 10.2 Å². The average molecular weight is 591 g/mol. The Morgan fingerprint density at radius 1 is 0.923 bits per heavy atom. The number of carbonyl (C=O) groups excluding carboxylic acids is 2. The highest BCUT2D eigenvalue weighted by molar-refractivity contribution is 7.92. The van der Waals surface area contributed by atoms with Gasteiger partial charge in [0, 0.05) is 18.1 Å². The number of rotatable bonds is 11. The summed E-state index contributed by atoms with van der Waals surface area (Å²) >= 11 is 12.6. The van der Waals surface area contributed by atoms with Crippen LogP contribution in [0.1, 0.15) is 37.0 Å². The molecule has 0 aliphatic heterocycles. The first kappa shape index (κ1) is 30.5. The number of anilines is 1. The van der Waals surface area contributed by atoms with E-state index in [0.717, 1.165) is 27.4 Å². The molecule has 0 spiro atoms. The Bertz CT molecular complexity index is 1410. The molecule has 39 heavy (non-hydrogen) atoms. The Morgan fingerprint density at radius 3 is 2.10 bits per heavy atom. The molecule has 1 atom stereocenters. The molecule has 0 aliphatic carbocycles. The number of nitrogens with one attached hydrogen (secondary N) is 1. The molecule has 0 aromatic heterocycles. The molecule has 208 valence electrons. The van der Waals surface area contributed by atoms with Gasteiger partial charge >= 0.3 is 0 Å². The van der Waals surface area contributed by atoms with Crippen molar-refractivity contribution in [2.24, 2.45) is 0 Å². The fourth-order valence-corrected chi connectivity index (χ4v) is 5.76. The number of carbonyl (C=O) groups is 2. The Labute approximate surface area is 240 Å². The van der Waals surface area contributed by atoms with Crippen LogP contribution in [0, 0.1) is 13.8 Å². The van der Waals surface area contributed by atoms with Gasteiger partial charge in [0.25, 0.3) is 10.0 Å². The largest absolute Gasteiger partial charge is 0.354 e. The number of halogens is 2. The van der Waals surface area contributed by atoms with E-state index in [9.17, 15) is 18.0 Å². The monoisotopic (exact) mass is 589 g/mol. The molecule has 0 saturated heterocycles. The van der Waals surface area contributed by atoms with E-state index in [4.69, 9.17) is 23.2 Å². The predicted molar refractivity (Wildman–Crippen MR) is 157 cm³/mol. The summed E-state index contributed by atoms with van der Waals surface area (Å²) in [7, 11) is -4.24. The van der Waals surface area contributed by atoms with Crippen LogP contribution < -0.4 is 9.62 Å². The summed E-state index contributed by atoms with van der Waals surface area (Å²) in [6, 6.07) is 17.5. The predicted octanol–water partition coefficient (Wildman–Crippen LogP) is 5.75. The molecule has 10 heteroatoms. The lowest BCUT2D eigenvalue weighted by Crippen LogP contribution is -2.51. The summed E-state index contributed by atoms with van der Waals surface area (Å²) in [4.78, 5) is 28.2. The molecule has 0 aliphatic rings. The van der Waals surface area contributed by atoms with Gasteiger partial charge in [-0.25, -0.2) is 8.42 Å². The van der Waals surface area contributed by atoms with E-state index >= 15 is 0 Å². The van der Waals surface area contributed by atoms with E-state index < -0.39 is 28.5 Å². The lowest BCUT2D eigenvalue weighted by Gasteiger charge is -2.32. The van der Waals surface area contributed by atoms with Gasteiger partial charge in [-0.05, 0) is 63.1 Å². The molecule has 0 fully saturated rings. The topological polar surface area (TPSA) is 86.8 Å². The van der Waals surface area contributed by atoms with Crippen molar-refractivity contribution in [3.63, 3.8) is 0 Å². The van der Waals surface area contributed by atoms with Gasteiger partial charge in [0.1, 0.15) is 12.6 Å². The van der Waals surface area contributed by atoms with Crippen molar-refractivity contribution < 1.29 is 18.0 Å². The Morgan fingerprint density at radius 2 is 1.51 bits per heavy atom. The van der Waals surface area contributed by atoms with Crippen LogP contribution in [-0.2, 0) is 26.2 Å². The van der Waals surface area contributed by atoms with Gasteiger partial charge in [-0.1, -0.05) is 77.7 Å². The van der Waals surface area contributed by atoms with Crippen molar-refractivity contribution in [2.45, 2.75) is 51.6 Å². The van der Waals surface area contributed by atoms with Crippen LogP contribution in [0.25, 0.3) is 0 Å². The molecule has 1 N–H and O–H groups in total. The standard InChI is InChI=1S/C29H33Cl2N3O4S/c1-5-16-32-29(36)22(4)33(18-23-10-6-20(2)7-11-23)28(35)19-34(27-17-24(30)12-15-26(27)31)39(37,38)25-13-8-21(3)9-14-25/h6-15,17,22H,5,16,18-19H2,1-4H3,(H,32,36)/t22-/m1/s1. The van der Waals surface area contributed by atoms with Crippen LogP contribution >= 0.6 is 23.2 Å². The maximum atomic E-state index is 13.9.